The molecule has 15 heteroatoms. The van der Waals surface area contributed by atoms with E-state index in [1.165, 1.54) is 38.5 Å². The van der Waals surface area contributed by atoms with Gasteiger partial charge in [0.25, 0.3) is 0 Å². The lowest BCUT2D eigenvalue weighted by molar-refractivity contribution is -0.161. The predicted octanol–water partition coefficient (Wildman–Crippen LogP) is 6.99. The number of aliphatic hydroxyl groups is 1. The fraction of sp³-hybridized carbons (Fsp3) is 0.935. The van der Waals surface area contributed by atoms with Crippen molar-refractivity contribution in [2.75, 3.05) is 26.4 Å². The zero-order valence-electron chi connectivity index (χ0n) is 28.5. The van der Waals surface area contributed by atoms with Crippen molar-refractivity contribution in [3.8, 4) is 0 Å². The normalized spacial score (nSPS) is 14.7. The summed E-state index contributed by atoms with van der Waals surface area (Å²) in [7, 11) is -9.63. The highest BCUT2D eigenvalue weighted by Crippen LogP contribution is 2.43. The van der Waals surface area contributed by atoms with Gasteiger partial charge in [0.2, 0.25) is 0 Å². The number of esters is 2. The van der Waals surface area contributed by atoms with Crippen molar-refractivity contribution >= 4 is 27.6 Å². The number of carbonyl (C=O) groups excluding carboxylic acids is 2. The summed E-state index contributed by atoms with van der Waals surface area (Å²) in [5.74, 6) is 0.382. The van der Waals surface area contributed by atoms with Gasteiger partial charge in [0, 0.05) is 12.8 Å². The molecule has 0 bridgehead atoms. The summed E-state index contributed by atoms with van der Waals surface area (Å²) in [6.45, 7) is 6.16. The average molecular weight is 705 g/mol. The number of phosphoric ester groups is 2. The first kappa shape index (κ1) is 45.1. The zero-order valence-corrected chi connectivity index (χ0v) is 30.3. The van der Waals surface area contributed by atoms with Crippen molar-refractivity contribution in [3.63, 3.8) is 0 Å². The maximum Gasteiger partial charge on any atom is 0.472 e. The highest BCUT2D eigenvalue weighted by Gasteiger charge is 2.28. The Hall–Kier alpha value is -0.880. The number of unbranched alkanes of at least 4 members (excludes halogenated alkanes) is 11. The van der Waals surface area contributed by atoms with Gasteiger partial charge < -0.3 is 29.3 Å². The van der Waals surface area contributed by atoms with Crippen LogP contribution in [-0.4, -0.2) is 70.4 Å². The van der Waals surface area contributed by atoms with Crippen molar-refractivity contribution in [1.29, 1.82) is 0 Å². The molecule has 274 valence electrons. The molecule has 46 heavy (non-hydrogen) atoms. The first-order valence-electron chi connectivity index (χ1n) is 16.9. The quantitative estimate of drug-likeness (QED) is 0.0328. The van der Waals surface area contributed by atoms with Gasteiger partial charge in [-0.15, -0.1) is 0 Å². The van der Waals surface area contributed by atoms with Crippen LogP contribution in [0.2, 0.25) is 0 Å². The van der Waals surface area contributed by atoms with Crippen molar-refractivity contribution in [2.45, 2.75) is 149 Å². The van der Waals surface area contributed by atoms with E-state index in [9.17, 15) is 28.7 Å². The molecule has 0 aliphatic carbocycles. The molecular weight excluding hydrogens is 642 g/mol. The van der Waals surface area contributed by atoms with Crippen LogP contribution in [0.15, 0.2) is 0 Å². The van der Waals surface area contributed by atoms with Crippen LogP contribution < -0.4 is 0 Å². The fourth-order valence-electron chi connectivity index (χ4n) is 4.48. The number of carbonyl (C=O) groups is 2. The van der Waals surface area contributed by atoms with Gasteiger partial charge in [0.05, 0.1) is 19.8 Å². The van der Waals surface area contributed by atoms with Gasteiger partial charge in [0.1, 0.15) is 12.7 Å². The van der Waals surface area contributed by atoms with E-state index in [1.807, 2.05) is 0 Å². The maximum atomic E-state index is 12.5. The van der Waals surface area contributed by atoms with Gasteiger partial charge in [-0.3, -0.25) is 23.2 Å². The molecule has 0 heterocycles. The minimum atomic E-state index is -4.85. The van der Waals surface area contributed by atoms with E-state index in [0.717, 1.165) is 50.9 Å². The van der Waals surface area contributed by atoms with Crippen LogP contribution in [0, 0.1) is 11.8 Å². The average Bonchev–Trinajstić information content (AvgIpc) is 2.96. The second-order valence-corrected chi connectivity index (χ2v) is 15.4. The van der Waals surface area contributed by atoms with Crippen LogP contribution in [0.5, 0.6) is 0 Å². The summed E-state index contributed by atoms with van der Waals surface area (Å²) in [4.78, 5) is 52.1. The second kappa shape index (κ2) is 27.0. The molecule has 0 radical (unpaired) electrons. The third kappa shape index (κ3) is 31.7. The molecule has 0 aromatic carbocycles. The molecule has 4 N–H and O–H groups in total. The summed E-state index contributed by atoms with van der Waals surface area (Å²) in [5.41, 5.74) is 0. The van der Waals surface area contributed by atoms with E-state index < -0.39 is 59.6 Å². The summed E-state index contributed by atoms with van der Waals surface area (Å²) in [5, 5.41) is 9.67. The lowest BCUT2D eigenvalue weighted by atomic mass is 10.0. The van der Waals surface area contributed by atoms with Gasteiger partial charge in [-0.1, -0.05) is 111 Å². The van der Waals surface area contributed by atoms with Gasteiger partial charge in [-0.05, 0) is 24.7 Å². The summed E-state index contributed by atoms with van der Waals surface area (Å²) < 4.78 is 47.3. The van der Waals surface area contributed by atoms with E-state index in [4.69, 9.17) is 23.8 Å². The molecule has 0 aliphatic rings. The Morgan fingerprint density at radius 1 is 0.565 bits per heavy atom. The molecule has 0 amide bonds. The van der Waals surface area contributed by atoms with E-state index in [2.05, 4.69) is 36.7 Å². The summed E-state index contributed by atoms with van der Waals surface area (Å²) >= 11 is 0. The molecule has 13 nitrogen and oxygen atoms in total. The van der Waals surface area contributed by atoms with Gasteiger partial charge in [-0.2, -0.15) is 0 Å². The van der Waals surface area contributed by atoms with Crippen molar-refractivity contribution < 1.29 is 61.6 Å². The topological polar surface area (TPSA) is 195 Å². The molecule has 0 saturated carbocycles. The fourth-order valence-corrected chi connectivity index (χ4v) is 5.64. The number of rotatable bonds is 31. The third-order valence-electron chi connectivity index (χ3n) is 7.09. The highest BCUT2D eigenvalue weighted by atomic mass is 31.2. The number of hydrogen-bond acceptors (Lipinski definition) is 10. The monoisotopic (exact) mass is 704 g/mol. The van der Waals surface area contributed by atoms with Gasteiger partial charge in [0.15, 0.2) is 6.10 Å². The molecule has 0 rings (SSSR count). The third-order valence-corrected chi connectivity index (χ3v) is 8.53. The predicted molar refractivity (Wildman–Crippen MR) is 175 cm³/mol. The summed E-state index contributed by atoms with van der Waals surface area (Å²) in [6, 6.07) is 0. The van der Waals surface area contributed by atoms with Crippen LogP contribution in [0.1, 0.15) is 137 Å². The van der Waals surface area contributed by atoms with Crippen LogP contribution in [0.4, 0.5) is 0 Å². The van der Waals surface area contributed by atoms with Crippen LogP contribution in [-0.2, 0) is 41.8 Å². The minimum absolute atomic E-state index is 0.132. The molecule has 3 atom stereocenters. The molecular formula is C31H62O13P2. The van der Waals surface area contributed by atoms with Crippen LogP contribution in [0.3, 0.4) is 0 Å². The smallest absolute Gasteiger partial charge is 0.462 e. The number of ether oxygens (including phenoxy) is 2. The Balaban J connectivity index is 4.65. The van der Waals surface area contributed by atoms with Gasteiger partial charge in [-0.25, -0.2) is 9.13 Å². The molecule has 0 aromatic rings. The van der Waals surface area contributed by atoms with Crippen molar-refractivity contribution in [1.82, 2.24) is 0 Å². The van der Waals surface area contributed by atoms with E-state index in [-0.39, 0.29) is 19.4 Å². The van der Waals surface area contributed by atoms with Crippen LogP contribution in [0.25, 0.3) is 0 Å². The van der Waals surface area contributed by atoms with E-state index in [1.54, 1.807) is 0 Å². The van der Waals surface area contributed by atoms with Crippen molar-refractivity contribution in [3.05, 3.63) is 0 Å². The van der Waals surface area contributed by atoms with E-state index >= 15 is 0 Å². The molecule has 0 aromatic heterocycles. The Labute approximate surface area is 276 Å². The Bertz CT molecular complexity index is 878. The Morgan fingerprint density at radius 3 is 1.46 bits per heavy atom. The minimum Gasteiger partial charge on any atom is -0.462 e. The molecule has 1 unspecified atom stereocenters. The number of aliphatic hydroxyl groups excluding tert-OH is 1. The largest absolute Gasteiger partial charge is 0.472 e. The lowest BCUT2D eigenvalue weighted by Crippen LogP contribution is -2.30. The number of phosphoric acid groups is 2. The second-order valence-electron chi connectivity index (χ2n) is 12.8. The molecule has 0 fully saturated rings. The molecule has 0 spiro atoms. The van der Waals surface area contributed by atoms with Crippen molar-refractivity contribution in [2.24, 2.45) is 11.8 Å². The standard InChI is InChI=1S/C31H62O13P2/c1-26(2)18-14-10-6-5-7-12-16-20-30(33)40-24-29(44-31(34)21-17-13-9-8-11-15-19-27(3)4)25-43-46(38,39)42-23-28(32)22-41-45(35,36)37/h26-29,32H,5-25H2,1-4H3,(H,38,39)(H2,35,36,37)/t28-,29+/m0/s1. The van der Waals surface area contributed by atoms with Gasteiger partial charge >= 0.3 is 27.6 Å². The summed E-state index contributed by atoms with van der Waals surface area (Å²) in [6.07, 6.45) is 13.3. The Morgan fingerprint density at radius 2 is 0.978 bits per heavy atom. The number of hydrogen-bond donors (Lipinski definition) is 4. The molecule has 0 saturated heterocycles. The first-order valence-corrected chi connectivity index (χ1v) is 20.0. The SMILES string of the molecule is CC(C)CCCCCCCCCC(=O)OC[C@H](COP(=O)(O)OC[C@@H](O)COP(=O)(O)O)OC(=O)CCCCCCCCC(C)C. The molecule has 0 aliphatic heterocycles. The zero-order chi connectivity index (χ0) is 34.8. The maximum absolute atomic E-state index is 12.5. The highest BCUT2D eigenvalue weighted by molar-refractivity contribution is 7.47. The Kier molecular flexibility index (Phi) is 26.5. The first-order chi connectivity index (χ1) is 21.6. The lowest BCUT2D eigenvalue weighted by Gasteiger charge is -2.20. The van der Waals surface area contributed by atoms with Crippen LogP contribution >= 0.6 is 15.6 Å². The van der Waals surface area contributed by atoms with E-state index in [0.29, 0.717) is 18.8 Å².